The molecule has 6 nitrogen and oxygen atoms in total. The van der Waals surface area contributed by atoms with Crippen LogP contribution in [-0.2, 0) is 16.6 Å². The number of hydrogen-bond donors (Lipinski definition) is 3. The molecule has 0 unspecified atom stereocenters. The van der Waals surface area contributed by atoms with Crippen LogP contribution in [0.5, 0.6) is 0 Å². The molecule has 0 saturated heterocycles. The van der Waals surface area contributed by atoms with Crippen molar-refractivity contribution in [2.75, 3.05) is 0 Å². The molecule has 2 aromatic rings. The molecule has 0 saturated carbocycles. The van der Waals surface area contributed by atoms with Gasteiger partial charge in [-0.15, -0.1) is 0 Å². The molecule has 136 valence electrons. The minimum atomic E-state index is -3.71. The fourth-order valence-corrected chi connectivity index (χ4v) is 3.63. The Balaban J connectivity index is 2.06. The first-order valence-electron chi connectivity index (χ1n) is 7.73. The second-order valence-electron chi connectivity index (χ2n) is 6.87. The highest BCUT2D eigenvalue weighted by Gasteiger charge is 2.24. The Hall–Kier alpha value is -2.19. The summed E-state index contributed by atoms with van der Waals surface area (Å²) in [5.41, 5.74) is 0.751. The number of benzene rings is 1. The van der Waals surface area contributed by atoms with Crippen molar-refractivity contribution in [2.45, 2.75) is 44.7 Å². The number of nitrogens with one attached hydrogen (secondary N) is 3. The van der Waals surface area contributed by atoms with E-state index in [2.05, 4.69) is 15.0 Å². The predicted molar refractivity (Wildman–Crippen MR) is 93.2 cm³/mol. The number of aromatic amines is 1. The van der Waals surface area contributed by atoms with Gasteiger partial charge in [0.05, 0.1) is 0 Å². The minimum absolute atomic E-state index is 0.00907. The summed E-state index contributed by atoms with van der Waals surface area (Å²) in [4.78, 5) is 14.8. The Kier molecular flexibility index (Phi) is 5.34. The first kappa shape index (κ1) is 19.1. The van der Waals surface area contributed by atoms with Crippen LogP contribution in [0.1, 0.15) is 42.4 Å². The van der Waals surface area contributed by atoms with E-state index in [9.17, 15) is 17.6 Å². The summed E-state index contributed by atoms with van der Waals surface area (Å²) in [6.07, 6.45) is 1.27. The van der Waals surface area contributed by atoms with Crippen molar-refractivity contribution in [3.63, 3.8) is 0 Å². The number of halogens is 1. The maximum Gasteiger partial charge on any atom is 0.268 e. The van der Waals surface area contributed by atoms with E-state index in [1.165, 1.54) is 18.3 Å². The molecule has 25 heavy (non-hydrogen) atoms. The lowest BCUT2D eigenvalue weighted by Crippen LogP contribution is -2.40. The van der Waals surface area contributed by atoms with E-state index in [0.717, 1.165) is 5.56 Å². The van der Waals surface area contributed by atoms with Crippen molar-refractivity contribution in [1.29, 1.82) is 0 Å². The zero-order chi connectivity index (χ0) is 18.8. The molecule has 0 aliphatic carbocycles. The average Bonchev–Trinajstić information content (AvgIpc) is 2.96. The second-order valence-corrected chi connectivity index (χ2v) is 8.55. The number of H-pyrrole nitrogens is 1. The molecule has 0 aliphatic rings. The topological polar surface area (TPSA) is 91.1 Å². The highest BCUT2D eigenvalue weighted by atomic mass is 32.2. The van der Waals surface area contributed by atoms with Gasteiger partial charge in [-0.1, -0.05) is 12.1 Å². The van der Waals surface area contributed by atoms with Crippen molar-refractivity contribution >= 4 is 15.9 Å². The van der Waals surface area contributed by atoms with E-state index in [0.29, 0.717) is 5.56 Å². The Morgan fingerprint density at radius 2 is 1.92 bits per heavy atom. The van der Waals surface area contributed by atoms with E-state index in [4.69, 9.17) is 0 Å². The molecular weight excluding hydrogens is 345 g/mol. The molecule has 3 N–H and O–H groups in total. The van der Waals surface area contributed by atoms with Gasteiger partial charge in [-0.3, -0.25) is 4.79 Å². The van der Waals surface area contributed by atoms with E-state index in [1.54, 1.807) is 39.8 Å². The normalized spacial score (nSPS) is 12.2. The Labute approximate surface area is 146 Å². The van der Waals surface area contributed by atoms with Gasteiger partial charge in [0, 0.05) is 18.3 Å². The Bertz CT molecular complexity index is 883. The number of carbonyl (C=O) groups excluding carboxylic acids is 1. The van der Waals surface area contributed by atoms with Gasteiger partial charge in [0.1, 0.15) is 16.4 Å². The van der Waals surface area contributed by atoms with Gasteiger partial charge < -0.3 is 10.3 Å². The van der Waals surface area contributed by atoms with Crippen molar-refractivity contribution in [3.8, 4) is 0 Å². The summed E-state index contributed by atoms with van der Waals surface area (Å²) >= 11 is 0. The van der Waals surface area contributed by atoms with E-state index >= 15 is 0 Å². The van der Waals surface area contributed by atoms with Crippen molar-refractivity contribution in [3.05, 3.63) is 53.1 Å². The Morgan fingerprint density at radius 1 is 1.24 bits per heavy atom. The lowest BCUT2D eigenvalue weighted by molar-refractivity contribution is 0.0946. The number of carbonyl (C=O) groups is 1. The van der Waals surface area contributed by atoms with Crippen LogP contribution in [0, 0.1) is 12.7 Å². The summed E-state index contributed by atoms with van der Waals surface area (Å²) < 4.78 is 40.2. The lowest BCUT2D eigenvalue weighted by atomic mass is 10.1. The summed E-state index contributed by atoms with van der Waals surface area (Å²) in [7, 11) is -3.71. The smallest absolute Gasteiger partial charge is 0.268 e. The van der Waals surface area contributed by atoms with Crippen LogP contribution in [0.25, 0.3) is 0 Å². The van der Waals surface area contributed by atoms with E-state index < -0.39 is 21.5 Å². The third-order valence-corrected chi connectivity index (χ3v) is 5.06. The SMILES string of the molecule is Cc1cc(CNC(=O)c2cc(S(=O)(=O)NC(C)(C)C)c[nH]2)ccc1F. The molecule has 1 aromatic heterocycles. The van der Waals surface area contributed by atoms with Gasteiger partial charge in [0.2, 0.25) is 10.0 Å². The summed E-state index contributed by atoms with van der Waals surface area (Å²) in [6.45, 7) is 7.05. The van der Waals surface area contributed by atoms with E-state index in [1.807, 2.05) is 0 Å². The fourth-order valence-electron chi connectivity index (χ4n) is 2.22. The van der Waals surface area contributed by atoms with E-state index in [-0.39, 0.29) is 23.0 Å². The van der Waals surface area contributed by atoms with Crippen molar-refractivity contribution < 1.29 is 17.6 Å². The number of rotatable bonds is 5. The highest BCUT2D eigenvalue weighted by Crippen LogP contribution is 2.14. The monoisotopic (exact) mass is 367 g/mol. The minimum Gasteiger partial charge on any atom is -0.356 e. The molecule has 8 heteroatoms. The number of sulfonamides is 1. The maximum atomic E-state index is 13.2. The molecule has 1 aromatic carbocycles. The Morgan fingerprint density at radius 3 is 2.52 bits per heavy atom. The van der Waals surface area contributed by atoms with Gasteiger partial charge in [-0.05, 0) is 51.0 Å². The largest absolute Gasteiger partial charge is 0.356 e. The summed E-state index contributed by atoms with van der Waals surface area (Å²) in [6, 6.07) is 5.85. The zero-order valence-corrected chi connectivity index (χ0v) is 15.4. The fraction of sp³-hybridized carbons (Fsp3) is 0.353. The van der Waals surface area contributed by atoms with Gasteiger partial charge in [0.25, 0.3) is 5.91 Å². The average molecular weight is 367 g/mol. The second kappa shape index (κ2) is 6.97. The molecule has 0 radical (unpaired) electrons. The first-order valence-corrected chi connectivity index (χ1v) is 9.22. The van der Waals surface area contributed by atoms with Crippen LogP contribution in [0.4, 0.5) is 4.39 Å². The number of amides is 1. The molecule has 2 rings (SSSR count). The number of hydrogen-bond acceptors (Lipinski definition) is 3. The molecule has 0 bridgehead atoms. The van der Waals surface area contributed by atoms with Gasteiger partial charge in [-0.25, -0.2) is 17.5 Å². The molecule has 0 atom stereocenters. The molecule has 0 spiro atoms. The van der Waals surface area contributed by atoms with Crippen LogP contribution < -0.4 is 10.0 Å². The highest BCUT2D eigenvalue weighted by molar-refractivity contribution is 7.89. The van der Waals surface area contributed by atoms with Gasteiger partial charge >= 0.3 is 0 Å². The van der Waals surface area contributed by atoms with Crippen LogP contribution in [-0.4, -0.2) is 24.8 Å². The van der Waals surface area contributed by atoms with Gasteiger partial charge in [-0.2, -0.15) is 0 Å². The molecular formula is C17H22FN3O3S. The van der Waals surface area contributed by atoms with Crippen LogP contribution >= 0.6 is 0 Å². The summed E-state index contributed by atoms with van der Waals surface area (Å²) in [5, 5.41) is 2.67. The standard InChI is InChI=1S/C17H22FN3O3S/c1-11-7-12(5-6-14(11)18)9-20-16(22)15-8-13(10-19-15)25(23,24)21-17(2,3)4/h5-8,10,19,21H,9H2,1-4H3,(H,20,22). The lowest BCUT2D eigenvalue weighted by Gasteiger charge is -2.19. The molecule has 1 heterocycles. The number of aryl methyl sites for hydroxylation is 1. The van der Waals surface area contributed by atoms with Crippen LogP contribution in [0.3, 0.4) is 0 Å². The maximum absolute atomic E-state index is 13.2. The molecule has 0 fully saturated rings. The summed E-state index contributed by atoms with van der Waals surface area (Å²) in [5.74, 6) is -0.750. The van der Waals surface area contributed by atoms with Crippen LogP contribution in [0.2, 0.25) is 0 Å². The quantitative estimate of drug-likeness (QED) is 0.758. The third kappa shape index (κ3) is 5.14. The van der Waals surface area contributed by atoms with Crippen LogP contribution in [0.15, 0.2) is 35.4 Å². The van der Waals surface area contributed by atoms with Gasteiger partial charge in [0.15, 0.2) is 0 Å². The van der Waals surface area contributed by atoms with Crippen molar-refractivity contribution in [2.24, 2.45) is 0 Å². The predicted octanol–water partition coefficient (Wildman–Crippen LogP) is 2.47. The number of aromatic nitrogens is 1. The van der Waals surface area contributed by atoms with Crippen molar-refractivity contribution in [1.82, 2.24) is 15.0 Å². The first-order chi connectivity index (χ1) is 11.5. The third-order valence-electron chi connectivity index (χ3n) is 3.33. The zero-order valence-electron chi connectivity index (χ0n) is 14.6. The molecule has 0 aliphatic heterocycles. The molecule has 1 amide bonds.